The van der Waals surface area contributed by atoms with Gasteiger partial charge in [0.05, 0.1) is 11.5 Å². The quantitative estimate of drug-likeness (QED) is 0.0675. The molecular formula is C26H50O4S6. The van der Waals surface area contributed by atoms with Crippen molar-refractivity contribution in [2.45, 2.75) is 142 Å². The van der Waals surface area contributed by atoms with E-state index in [9.17, 15) is 16.8 Å². The Morgan fingerprint density at radius 2 is 0.667 bits per heavy atom. The molecule has 0 amide bonds. The zero-order chi connectivity index (χ0) is 27.1. The van der Waals surface area contributed by atoms with Crippen LogP contribution in [0.15, 0.2) is 0 Å². The second-order valence-electron chi connectivity index (χ2n) is 9.67. The van der Waals surface area contributed by atoms with Crippen LogP contribution in [-0.4, -0.2) is 35.4 Å². The van der Waals surface area contributed by atoms with Crippen molar-refractivity contribution in [1.82, 2.24) is 0 Å². The zero-order valence-electron chi connectivity index (χ0n) is 22.6. The number of rotatable bonds is 22. The van der Waals surface area contributed by atoms with Crippen LogP contribution >= 0.6 is 46.0 Å². The fourth-order valence-corrected chi connectivity index (χ4v) is 10.9. The summed E-state index contributed by atoms with van der Waals surface area (Å²) in [5, 5.41) is 0. The SMILES string of the molecule is CCCCCCCCCCCCS(=O)(=O)C(=S)SSC(=S)S(=O)(=O)CCCCCCCCCCCC. The number of hydrogen-bond donors (Lipinski definition) is 0. The zero-order valence-corrected chi connectivity index (χ0v) is 27.5. The van der Waals surface area contributed by atoms with Gasteiger partial charge in [-0.05, 0) is 34.4 Å². The van der Waals surface area contributed by atoms with Gasteiger partial charge >= 0.3 is 0 Å². The highest BCUT2D eigenvalue weighted by Gasteiger charge is 2.23. The monoisotopic (exact) mass is 618 g/mol. The maximum Gasteiger partial charge on any atom is 0.195 e. The van der Waals surface area contributed by atoms with Crippen LogP contribution in [0.25, 0.3) is 0 Å². The van der Waals surface area contributed by atoms with E-state index in [1.165, 1.54) is 77.0 Å². The maximum atomic E-state index is 12.4. The Balaban J connectivity index is 3.97. The number of thiocarbonyl (C=S) groups is 2. The first kappa shape index (κ1) is 36.8. The Kier molecular flexibility index (Phi) is 24.2. The molecule has 36 heavy (non-hydrogen) atoms. The van der Waals surface area contributed by atoms with E-state index in [-0.39, 0.29) is 18.6 Å². The molecule has 0 bridgehead atoms. The Bertz CT molecular complexity index is 712. The summed E-state index contributed by atoms with van der Waals surface area (Å²) in [6, 6.07) is 0. The molecule has 0 aromatic carbocycles. The molecule has 0 atom stereocenters. The van der Waals surface area contributed by atoms with Crippen molar-refractivity contribution in [3.8, 4) is 0 Å². The summed E-state index contributed by atoms with van der Waals surface area (Å²) in [6.45, 7) is 4.43. The van der Waals surface area contributed by atoms with Gasteiger partial charge in [-0.3, -0.25) is 0 Å². The van der Waals surface area contributed by atoms with Crippen molar-refractivity contribution in [2.24, 2.45) is 0 Å². The average Bonchev–Trinajstić information content (AvgIpc) is 2.84. The summed E-state index contributed by atoms with van der Waals surface area (Å²) in [4.78, 5) is 0. The fraction of sp³-hybridized carbons (Fsp3) is 0.923. The smallest absolute Gasteiger partial charge is 0.195 e. The van der Waals surface area contributed by atoms with Gasteiger partial charge < -0.3 is 0 Å². The molecule has 0 fully saturated rings. The van der Waals surface area contributed by atoms with E-state index < -0.39 is 19.7 Å². The molecule has 0 rings (SSSR count). The molecule has 0 saturated carbocycles. The van der Waals surface area contributed by atoms with E-state index in [2.05, 4.69) is 13.8 Å². The highest BCUT2D eigenvalue weighted by Crippen LogP contribution is 2.31. The summed E-state index contributed by atoms with van der Waals surface area (Å²) < 4.78 is 49.4. The van der Waals surface area contributed by atoms with E-state index in [0.29, 0.717) is 12.8 Å². The molecule has 0 aliphatic heterocycles. The average molecular weight is 619 g/mol. The van der Waals surface area contributed by atoms with Crippen LogP contribution in [0.5, 0.6) is 0 Å². The molecule has 0 aliphatic rings. The standard InChI is InChI=1S/C26H50O4S6/c1-3-5-7-9-11-13-15-17-19-21-23-35(27,28)25(31)33-34-26(32)36(29,30)24-22-20-18-16-14-12-10-8-6-4-2/h3-24H2,1-2H3. The van der Waals surface area contributed by atoms with Crippen molar-refractivity contribution in [2.75, 3.05) is 11.5 Å². The first-order chi connectivity index (χ1) is 17.2. The van der Waals surface area contributed by atoms with Crippen molar-refractivity contribution in [1.29, 1.82) is 0 Å². The van der Waals surface area contributed by atoms with Gasteiger partial charge in [0, 0.05) is 0 Å². The van der Waals surface area contributed by atoms with Crippen LogP contribution in [0.4, 0.5) is 0 Å². The Morgan fingerprint density at radius 3 is 0.917 bits per heavy atom. The van der Waals surface area contributed by atoms with Crippen LogP contribution in [-0.2, 0) is 19.7 Å². The van der Waals surface area contributed by atoms with Crippen molar-refractivity contribution >= 4 is 72.8 Å². The normalized spacial score (nSPS) is 12.2. The summed E-state index contributed by atoms with van der Waals surface area (Å²) >= 11 is 10.2. The molecule has 0 N–H and O–H groups in total. The van der Waals surface area contributed by atoms with Gasteiger partial charge in [0.2, 0.25) is 0 Å². The molecule has 0 unspecified atom stereocenters. The third-order valence-corrected chi connectivity index (χ3v) is 15.8. The first-order valence-corrected chi connectivity index (χ1v) is 20.3. The van der Waals surface area contributed by atoms with Gasteiger partial charge in [-0.2, -0.15) is 0 Å². The lowest BCUT2D eigenvalue weighted by atomic mass is 10.1. The second-order valence-corrected chi connectivity index (χ2v) is 18.3. The van der Waals surface area contributed by atoms with Gasteiger partial charge in [0.25, 0.3) is 0 Å². The predicted octanol–water partition coefficient (Wildman–Crippen LogP) is 9.61. The minimum absolute atomic E-state index is 0.0218. The molecule has 0 radical (unpaired) electrons. The van der Waals surface area contributed by atoms with Crippen LogP contribution in [0.2, 0.25) is 0 Å². The van der Waals surface area contributed by atoms with Crippen molar-refractivity contribution in [3.05, 3.63) is 0 Å². The largest absolute Gasteiger partial charge is 0.222 e. The lowest BCUT2D eigenvalue weighted by Crippen LogP contribution is -2.15. The van der Waals surface area contributed by atoms with E-state index >= 15 is 0 Å². The van der Waals surface area contributed by atoms with Crippen LogP contribution < -0.4 is 0 Å². The van der Waals surface area contributed by atoms with Crippen molar-refractivity contribution in [3.63, 3.8) is 0 Å². The van der Waals surface area contributed by atoms with Crippen LogP contribution in [0, 0.1) is 0 Å². The van der Waals surface area contributed by atoms with Crippen LogP contribution in [0.1, 0.15) is 142 Å². The van der Waals surface area contributed by atoms with Crippen LogP contribution in [0.3, 0.4) is 0 Å². The van der Waals surface area contributed by atoms with Crippen molar-refractivity contribution < 1.29 is 16.8 Å². The molecule has 10 heteroatoms. The molecule has 0 aliphatic carbocycles. The van der Waals surface area contributed by atoms with E-state index in [1.54, 1.807) is 0 Å². The molecule has 0 aromatic heterocycles. The lowest BCUT2D eigenvalue weighted by molar-refractivity contribution is 0.559. The predicted molar refractivity (Wildman–Crippen MR) is 172 cm³/mol. The molecule has 4 nitrogen and oxygen atoms in total. The fourth-order valence-electron chi connectivity index (χ4n) is 3.90. The summed E-state index contributed by atoms with van der Waals surface area (Å²) in [5.41, 5.74) is 0. The second kappa shape index (κ2) is 23.6. The summed E-state index contributed by atoms with van der Waals surface area (Å²) in [5.74, 6) is 0.0437. The minimum atomic E-state index is -3.53. The van der Waals surface area contributed by atoms with E-state index in [1.807, 2.05) is 0 Å². The van der Waals surface area contributed by atoms with Gasteiger partial charge in [0.1, 0.15) is 0 Å². The first-order valence-electron chi connectivity index (χ1n) is 14.0. The third-order valence-electron chi connectivity index (χ3n) is 6.22. The third kappa shape index (κ3) is 20.7. The molecule has 0 spiro atoms. The van der Waals surface area contributed by atoms with Gasteiger partial charge in [-0.1, -0.05) is 154 Å². The Hall–Kier alpha value is 0.780. The number of sulfone groups is 2. The highest BCUT2D eigenvalue weighted by molar-refractivity contribution is 8.95. The lowest BCUT2D eigenvalue weighted by Gasteiger charge is -2.07. The summed E-state index contributed by atoms with van der Waals surface area (Å²) in [7, 11) is -5.46. The minimum Gasteiger partial charge on any atom is -0.222 e. The topological polar surface area (TPSA) is 68.3 Å². The maximum absolute atomic E-state index is 12.4. The Labute approximate surface area is 241 Å². The molecular weight excluding hydrogens is 569 g/mol. The molecule has 0 aromatic rings. The summed E-state index contributed by atoms with van der Waals surface area (Å²) in [6.07, 6.45) is 22.6. The van der Waals surface area contributed by atoms with Gasteiger partial charge in [0.15, 0.2) is 26.7 Å². The van der Waals surface area contributed by atoms with Gasteiger partial charge in [-0.15, -0.1) is 0 Å². The highest BCUT2D eigenvalue weighted by atomic mass is 33.1. The number of hydrogen-bond acceptors (Lipinski definition) is 8. The van der Waals surface area contributed by atoms with E-state index in [0.717, 1.165) is 60.1 Å². The Morgan fingerprint density at radius 1 is 0.444 bits per heavy atom. The number of unbranched alkanes of at least 4 members (excludes halogenated alkanes) is 18. The van der Waals surface area contributed by atoms with Gasteiger partial charge in [-0.25, -0.2) is 16.8 Å². The molecule has 0 heterocycles. The van der Waals surface area contributed by atoms with E-state index in [4.69, 9.17) is 24.4 Å². The molecule has 214 valence electrons. The molecule has 0 saturated heterocycles.